The van der Waals surface area contributed by atoms with Crippen LogP contribution in [0.4, 0.5) is 0 Å². The molecule has 0 unspecified atom stereocenters. The fraction of sp³-hybridized carbons (Fsp3) is 0.0714. The second kappa shape index (κ2) is 5.42. The maximum absolute atomic E-state index is 12.0. The molecule has 3 rings (SSSR count). The molecule has 1 aromatic carbocycles. The van der Waals surface area contributed by atoms with Crippen LogP contribution in [0.15, 0.2) is 47.2 Å². The van der Waals surface area contributed by atoms with Crippen LogP contribution in [-0.4, -0.2) is 20.9 Å². The molecule has 0 saturated heterocycles. The number of fused-ring (bicyclic) bond motifs is 1. The van der Waals surface area contributed by atoms with Crippen LogP contribution in [0.5, 0.6) is 0 Å². The van der Waals surface area contributed by atoms with Gasteiger partial charge in [0.15, 0.2) is 0 Å². The Balaban J connectivity index is 1.71. The summed E-state index contributed by atoms with van der Waals surface area (Å²) in [5, 5.41) is 2.81. The summed E-state index contributed by atoms with van der Waals surface area (Å²) in [5.74, 6) is 0.543. The maximum Gasteiger partial charge on any atom is 0.253 e. The molecule has 0 atom stereocenters. The van der Waals surface area contributed by atoms with Gasteiger partial charge in [0.2, 0.25) is 0 Å². The number of rotatable bonds is 3. The van der Waals surface area contributed by atoms with Crippen molar-refractivity contribution in [2.45, 2.75) is 6.54 Å². The van der Waals surface area contributed by atoms with Gasteiger partial charge in [0.05, 0.1) is 23.1 Å². The molecule has 0 radical (unpaired) electrons. The predicted octanol–water partition coefficient (Wildman–Crippen LogP) is 2.65. The lowest BCUT2D eigenvalue weighted by atomic mass is 10.3. The van der Waals surface area contributed by atoms with Crippen molar-refractivity contribution in [3.05, 3.63) is 58.6 Å². The van der Waals surface area contributed by atoms with Gasteiger partial charge in [-0.05, 0) is 34.1 Å². The van der Waals surface area contributed by atoms with Crippen molar-refractivity contribution < 1.29 is 4.79 Å². The largest absolute Gasteiger partial charge is 0.345 e. The normalized spacial score (nSPS) is 10.7. The second-order valence-electron chi connectivity index (χ2n) is 4.28. The quantitative estimate of drug-likeness (QED) is 0.775. The van der Waals surface area contributed by atoms with Crippen LogP contribution in [-0.2, 0) is 6.54 Å². The van der Waals surface area contributed by atoms with Gasteiger partial charge in [0.1, 0.15) is 5.82 Å². The number of aromatic amines is 1. The minimum Gasteiger partial charge on any atom is -0.345 e. The Morgan fingerprint density at radius 3 is 2.95 bits per heavy atom. The molecule has 0 spiro atoms. The van der Waals surface area contributed by atoms with Crippen molar-refractivity contribution in [2.75, 3.05) is 0 Å². The first-order valence-electron chi connectivity index (χ1n) is 6.05. The number of nitrogens with one attached hydrogen (secondary N) is 2. The summed E-state index contributed by atoms with van der Waals surface area (Å²) >= 11 is 3.29. The van der Waals surface area contributed by atoms with Crippen molar-refractivity contribution in [3.8, 4) is 0 Å². The van der Waals surface area contributed by atoms with Gasteiger partial charge in [0.25, 0.3) is 5.91 Å². The summed E-state index contributed by atoms with van der Waals surface area (Å²) in [7, 11) is 0. The number of nitrogens with zero attached hydrogens (tertiary/aromatic N) is 2. The van der Waals surface area contributed by atoms with E-state index in [2.05, 4.69) is 36.2 Å². The van der Waals surface area contributed by atoms with E-state index in [1.54, 1.807) is 12.3 Å². The Kier molecular flexibility index (Phi) is 3.47. The van der Waals surface area contributed by atoms with Crippen LogP contribution < -0.4 is 5.32 Å². The van der Waals surface area contributed by atoms with Crippen molar-refractivity contribution in [1.82, 2.24) is 20.3 Å². The van der Waals surface area contributed by atoms with E-state index in [9.17, 15) is 4.79 Å². The second-order valence-corrected chi connectivity index (χ2v) is 5.19. The van der Waals surface area contributed by atoms with Crippen LogP contribution in [0.25, 0.3) is 11.0 Å². The molecular weight excluding hydrogens is 320 g/mol. The highest BCUT2D eigenvalue weighted by atomic mass is 79.9. The smallest absolute Gasteiger partial charge is 0.253 e. The minimum absolute atomic E-state index is 0.181. The maximum atomic E-state index is 12.0. The molecule has 0 fully saturated rings. The molecule has 0 bridgehead atoms. The molecule has 0 aliphatic heterocycles. The number of benzene rings is 1. The fourth-order valence-electron chi connectivity index (χ4n) is 1.89. The zero-order valence-electron chi connectivity index (χ0n) is 10.4. The molecule has 0 aliphatic rings. The average molecular weight is 331 g/mol. The van der Waals surface area contributed by atoms with Gasteiger partial charge < -0.3 is 10.3 Å². The Morgan fingerprint density at radius 1 is 1.30 bits per heavy atom. The van der Waals surface area contributed by atoms with Crippen molar-refractivity contribution in [1.29, 1.82) is 0 Å². The van der Waals surface area contributed by atoms with Crippen LogP contribution in [0.2, 0.25) is 0 Å². The first-order valence-corrected chi connectivity index (χ1v) is 6.84. The van der Waals surface area contributed by atoms with Gasteiger partial charge in [-0.15, -0.1) is 0 Å². The zero-order valence-corrected chi connectivity index (χ0v) is 12.0. The third-order valence-corrected chi connectivity index (χ3v) is 3.26. The van der Waals surface area contributed by atoms with E-state index < -0.39 is 0 Å². The highest BCUT2D eigenvalue weighted by Crippen LogP contribution is 2.11. The van der Waals surface area contributed by atoms with Crippen molar-refractivity contribution >= 4 is 32.9 Å². The molecule has 5 nitrogen and oxygen atoms in total. The Morgan fingerprint density at radius 2 is 2.15 bits per heavy atom. The molecule has 0 aliphatic carbocycles. The average Bonchev–Trinajstić information content (AvgIpc) is 2.87. The van der Waals surface area contributed by atoms with Crippen LogP contribution in [0.3, 0.4) is 0 Å². The van der Waals surface area contributed by atoms with Crippen LogP contribution in [0, 0.1) is 0 Å². The molecule has 1 amide bonds. The van der Waals surface area contributed by atoms with Crippen molar-refractivity contribution in [3.63, 3.8) is 0 Å². The van der Waals surface area contributed by atoms with Crippen LogP contribution >= 0.6 is 15.9 Å². The number of halogens is 1. The number of imidazole rings is 1. The summed E-state index contributed by atoms with van der Waals surface area (Å²) in [5.41, 5.74) is 2.36. The van der Waals surface area contributed by atoms with Crippen LogP contribution in [0.1, 0.15) is 16.2 Å². The Hall–Kier alpha value is -2.21. The lowest BCUT2D eigenvalue weighted by Gasteiger charge is -2.03. The summed E-state index contributed by atoms with van der Waals surface area (Å²) in [4.78, 5) is 23.5. The number of hydrogen-bond acceptors (Lipinski definition) is 3. The van der Waals surface area contributed by atoms with Gasteiger partial charge in [0, 0.05) is 16.9 Å². The zero-order chi connectivity index (χ0) is 13.9. The highest BCUT2D eigenvalue weighted by molar-refractivity contribution is 9.10. The van der Waals surface area contributed by atoms with Gasteiger partial charge in [-0.25, -0.2) is 4.98 Å². The first kappa shape index (κ1) is 12.8. The SMILES string of the molecule is O=C(NCc1nc2ccccc2[nH]1)c1cncc(Br)c1. The summed E-state index contributed by atoms with van der Waals surface area (Å²) in [6.45, 7) is 0.347. The lowest BCUT2D eigenvalue weighted by Crippen LogP contribution is -2.23. The molecule has 2 heterocycles. The summed E-state index contributed by atoms with van der Waals surface area (Å²) < 4.78 is 0.772. The number of amides is 1. The van der Waals surface area contributed by atoms with Gasteiger partial charge in [-0.3, -0.25) is 9.78 Å². The molecule has 2 aromatic heterocycles. The number of carbonyl (C=O) groups is 1. The van der Waals surface area contributed by atoms with Gasteiger partial charge >= 0.3 is 0 Å². The monoisotopic (exact) mass is 330 g/mol. The molecule has 3 aromatic rings. The predicted molar refractivity (Wildman–Crippen MR) is 79.2 cm³/mol. The summed E-state index contributed by atoms with van der Waals surface area (Å²) in [6.07, 6.45) is 3.16. The molecule has 0 saturated carbocycles. The highest BCUT2D eigenvalue weighted by Gasteiger charge is 2.08. The number of aromatic nitrogens is 3. The number of pyridine rings is 1. The Labute approximate surface area is 123 Å². The molecule has 20 heavy (non-hydrogen) atoms. The van der Waals surface area contributed by atoms with Crippen molar-refractivity contribution in [2.24, 2.45) is 0 Å². The van der Waals surface area contributed by atoms with E-state index in [1.807, 2.05) is 24.3 Å². The van der Waals surface area contributed by atoms with E-state index in [0.29, 0.717) is 12.1 Å². The van der Waals surface area contributed by atoms with Gasteiger partial charge in [-0.1, -0.05) is 12.1 Å². The van der Waals surface area contributed by atoms with Gasteiger partial charge in [-0.2, -0.15) is 0 Å². The van der Waals surface area contributed by atoms with E-state index in [4.69, 9.17) is 0 Å². The molecule has 6 heteroatoms. The first-order chi connectivity index (χ1) is 9.72. The lowest BCUT2D eigenvalue weighted by molar-refractivity contribution is 0.0949. The molecule has 2 N–H and O–H groups in total. The third-order valence-electron chi connectivity index (χ3n) is 2.82. The Bertz CT molecular complexity index is 735. The summed E-state index contributed by atoms with van der Waals surface area (Å²) in [6, 6.07) is 9.47. The van der Waals surface area contributed by atoms with E-state index >= 15 is 0 Å². The number of H-pyrrole nitrogens is 1. The number of hydrogen-bond donors (Lipinski definition) is 2. The molecular formula is C14H11BrN4O. The topological polar surface area (TPSA) is 70.7 Å². The molecule has 100 valence electrons. The van der Waals surface area contributed by atoms with E-state index in [0.717, 1.165) is 21.3 Å². The third kappa shape index (κ3) is 2.70. The van der Waals surface area contributed by atoms with E-state index in [-0.39, 0.29) is 5.91 Å². The number of carbonyl (C=O) groups excluding carboxylic acids is 1. The fourth-order valence-corrected chi connectivity index (χ4v) is 2.26. The minimum atomic E-state index is -0.181. The van der Waals surface area contributed by atoms with E-state index in [1.165, 1.54) is 6.20 Å². The standard InChI is InChI=1S/C14H11BrN4O/c15-10-5-9(6-16-7-10)14(20)17-8-13-18-11-3-1-2-4-12(11)19-13/h1-7H,8H2,(H,17,20)(H,18,19). The number of para-hydroxylation sites is 2.